The molecule has 1 aromatic rings. The maximum atomic E-state index is 11.1. The van der Waals surface area contributed by atoms with Crippen molar-refractivity contribution >= 4 is 10.0 Å². The summed E-state index contributed by atoms with van der Waals surface area (Å²) in [6, 6.07) is 0. The average molecular weight is 205 g/mol. The van der Waals surface area contributed by atoms with Gasteiger partial charge in [0.25, 0.3) is 0 Å². The zero-order valence-corrected chi connectivity index (χ0v) is 8.42. The number of hydrogen-bond acceptors (Lipinski definition) is 4. The van der Waals surface area contributed by atoms with Gasteiger partial charge in [-0.2, -0.15) is 5.10 Å². The van der Waals surface area contributed by atoms with Crippen LogP contribution in [-0.4, -0.2) is 25.3 Å². The first-order chi connectivity index (χ1) is 5.88. The number of nitrogens with two attached hydrogens (primary N) is 1. The van der Waals surface area contributed by atoms with Crippen molar-refractivity contribution in [1.82, 2.24) is 9.78 Å². The molecule has 0 aliphatic heterocycles. The van der Waals surface area contributed by atoms with Crippen LogP contribution in [0.2, 0.25) is 0 Å². The smallest absolute Gasteiger partial charge is 0.245 e. The molecular formula is C6H11N3O3S. The van der Waals surface area contributed by atoms with Crippen LogP contribution in [0, 0.1) is 6.92 Å². The normalized spacial score (nSPS) is 11.7. The van der Waals surface area contributed by atoms with E-state index < -0.39 is 10.0 Å². The van der Waals surface area contributed by atoms with Crippen molar-refractivity contribution in [3.8, 4) is 5.88 Å². The van der Waals surface area contributed by atoms with Gasteiger partial charge in [0, 0.05) is 7.05 Å². The molecule has 0 bridgehead atoms. The minimum Gasteiger partial charge on any atom is -0.480 e. The Morgan fingerprint density at radius 2 is 2.08 bits per heavy atom. The second kappa shape index (κ2) is 3.00. The monoisotopic (exact) mass is 205 g/mol. The fourth-order valence-corrected chi connectivity index (χ4v) is 2.08. The highest BCUT2D eigenvalue weighted by Gasteiger charge is 2.23. The number of aryl methyl sites for hydroxylation is 2. The van der Waals surface area contributed by atoms with E-state index in [1.807, 2.05) is 0 Å². The minimum atomic E-state index is -3.76. The lowest BCUT2D eigenvalue weighted by atomic mass is 10.5. The highest BCUT2D eigenvalue weighted by molar-refractivity contribution is 7.89. The molecule has 0 aliphatic rings. The van der Waals surface area contributed by atoms with Crippen molar-refractivity contribution < 1.29 is 13.2 Å². The van der Waals surface area contributed by atoms with Crippen LogP contribution in [0.25, 0.3) is 0 Å². The van der Waals surface area contributed by atoms with Crippen LogP contribution in [0.15, 0.2) is 4.90 Å². The topological polar surface area (TPSA) is 87.2 Å². The summed E-state index contributed by atoms with van der Waals surface area (Å²) in [4.78, 5) is -0.0579. The first-order valence-electron chi connectivity index (χ1n) is 3.48. The number of sulfonamides is 1. The third-order valence-electron chi connectivity index (χ3n) is 1.59. The summed E-state index contributed by atoms with van der Waals surface area (Å²) in [5.74, 6) is 0.153. The van der Waals surface area contributed by atoms with Crippen LogP contribution in [0.1, 0.15) is 5.69 Å². The molecule has 74 valence electrons. The molecule has 7 heteroatoms. The van der Waals surface area contributed by atoms with Crippen molar-refractivity contribution in [2.24, 2.45) is 12.2 Å². The lowest BCUT2D eigenvalue weighted by molar-refractivity contribution is 0.363. The summed E-state index contributed by atoms with van der Waals surface area (Å²) in [7, 11) is -0.814. The van der Waals surface area contributed by atoms with Crippen molar-refractivity contribution in [2.75, 3.05) is 7.11 Å². The van der Waals surface area contributed by atoms with Gasteiger partial charge in [0.2, 0.25) is 15.9 Å². The third kappa shape index (κ3) is 1.65. The second-order valence-corrected chi connectivity index (χ2v) is 4.09. The number of primary sulfonamides is 1. The van der Waals surface area contributed by atoms with E-state index in [-0.39, 0.29) is 10.8 Å². The molecular weight excluding hydrogens is 194 g/mol. The number of hydrogen-bond donors (Lipinski definition) is 1. The van der Waals surface area contributed by atoms with E-state index in [1.54, 1.807) is 14.0 Å². The van der Waals surface area contributed by atoms with E-state index >= 15 is 0 Å². The summed E-state index contributed by atoms with van der Waals surface area (Å²) >= 11 is 0. The molecule has 0 unspecified atom stereocenters. The number of aromatic nitrogens is 2. The Morgan fingerprint density at radius 1 is 1.54 bits per heavy atom. The predicted molar refractivity (Wildman–Crippen MR) is 45.9 cm³/mol. The predicted octanol–water partition coefficient (Wildman–Crippen LogP) is -0.615. The van der Waals surface area contributed by atoms with E-state index in [1.165, 1.54) is 11.8 Å². The number of nitrogens with zero attached hydrogens (tertiary/aromatic N) is 2. The van der Waals surface area contributed by atoms with Crippen molar-refractivity contribution in [1.29, 1.82) is 0 Å². The minimum absolute atomic E-state index is 0.0579. The number of methoxy groups -OCH3 is 1. The maximum Gasteiger partial charge on any atom is 0.245 e. The van der Waals surface area contributed by atoms with Gasteiger partial charge in [-0.3, -0.25) is 0 Å². The molecule has 0 radical (unpaired) electrons. The molecule has 0 spiro atoms. The van der Waals surface area contributed by atoms with Crippen LogP contribution >= 0.6 is 0 Å². The highest BCUT2D eigenvalue weighted by Crippen LogP contribution is 2.24. The molecule has 0 atom stereocenters. The summed E-state index contributed by atoms with van der Waals surface area (Å²) in [6.45, 7) is 1.56. The van der Waals surface area contributed by atoms with E-state index in [2.05, 4.69) is 5.10 Å². The van der Waals surface area contributed by atoms with Gasteiger partial charge in [-0.25, -0.2) is 18.2 Å². The molecule has 1 aromatic heterocycles. The SMILES string of the molecule is COc1c(S(N)(=O)=O)c(C)nn1C. The molecule has 0 saturated carbocycles. The van der Waals surface area contributed by atoms with Gasteiger partial charge in [-0.05, 0) is 6.92 Å². The highest BCUT2D eigenvalue weighted by atomic mass is 32.2. The fraction of sp³-hybridized carbons (Fsp3) is 0.500. The molecule has 0 saturated heterocycles. The maximum absolute atomic E-state index is 11.1. The fourth-order valence-electron chi connectivity index (χ4n) is 1.17. The van der Waals surface area contributed by atoms with Gasteiger partial charge in [0.1, 0.15) is 0 Å². The summed E-state index contributed by atoms with van der Waals surface area (Å²) in [6.07, 6.45) is 0. The zero-order chi connectivity index (χ0) is 10.2. The van der Waals surface area contributed by atoms with Crippen molar-refractivity contribution in [2.45, 2.75) is 11.8 Å². The van der Waals surface area contributed by atoms with Crippen LogP contribution in [-0.2, 0) is 17.1 Å². The molecule has 1 rings (SSSR count). The zero-order valence-electron chi connectivity index (χ0n) is 7.60. The van der Waals surface area contributed by atoms with Crippen molar-refractivity contribution in [3.63, 3.8) is 0 Å². The summed E-state index contributed by atoms with van der Waals surface area (Å²) < 4.78 is 28.4. The number of rotatable bonds is 2. The largest absolute Gasteiger partial charge is 0.480 e. The van der Waals surface area contributed by atoms with Crippen molar-refractivity contribution in [3.05, 3.63) is 5.69 Å². The van der Waals surface area contributed by atoms with Crippen LogP contribution < -0.4 is 9.88 Å². The van der Waals surface area contributed by atoms with Gasteiger partial charge in [0.15, 0.2) is 4.90 Å². The molecule has 0 aromatic carbocycles. The van der Waals surface area contributed by atoms with E-state index in [0.29, 0.717) is 5.69 Å². The van der Waals surface area contributed by atoms with Crippen LogP contribution in [0.4, 0.5) is 0 Å². The molecule has 1 heterocycles. The summed E-state index contributed by atoms with van der Waals surface area (Å²) in [5.41, 5.74) is 0.335. The molecule has 13 heavy (non-hydrogen) atoms. The molecule has 2 N–H and O–H groups in total. The molecule has 6 nitrogen and oxygen atoms in total. The lowest BCUT2D eigenvalue weighted by Crippen LogP contribution is -2.14. The van der Waals surface area contributed by atoms with E-state index in [9.17, 15) is 8.42 Å². The van der Waals surface area contributed by atoms with Gasteiger partial charge in [-0.15, -0.1) is 0 Å². The summed E-state index contributed by atoms with van der Waals surface area (Å²) in [5, 5.41) is 8.87. The van der Waals surface area contributed by atoms with E-state index in [0.717, 1.165) is 0 Å². The molecule has 0 aliphatic carbocycles. The Morgan fingerprint density at radius 3 is 2.38 bits per heavy atom. The lowest BCUT2D eigenvalue weighted by Gasteiger charge is -2.01. The Balaban J connectivity index is 3.52. The quantitative estimate of drug-likeness (QED) is 0.697. The molecule has 0 amide bonds. The van der Waals surface area contributed by atoms with E-state index in [4.69, 9.17) is 9.88 Å². The molecule has 0 fully saturated rings. The Labute approximate surface area is 76.3 Å². The first kappa shape index (κ1) is 10.0. The Bertz CT molecular complexity index is 421. The van der Waals surface area contributed by atoms with Crippen LogP contribution in [0.3, 0.4) is 0 Å². The number of ether oxygens (including phenoxy) is 1. The standard InChI is InChI=1S/C6H11N3O3S/c1-4-5(13(7,10)11)6(12-3)9(2)8-4/h1-3H3,(H2,7,10,11). The average Bonchev–Trinajstić information content (AvgIpc) is 2.23. The van der Waals surface area contributed by atoms with Gasteiger partial charge >= 0.3 is 0 Å². The van der Waals surface area contributed by atoms with Crippen LogP contribution in [0.5, 0.6) is 5.88 Å². The second-order valence-electron chi connectivity index (χ2n) is 2.59. The van der Waals surface area contributed by atoms with Gasteiger partial charge < -0.3 is 4.74 Å². The van der Waals surface area contributed by atoms with Gasteiger partial charge in [-0.1, -0.05) is 0 Å². The third-order valence-corrected chi connectivity index (χ3v) is 2.63. The first-order valence-corrected chi connectivity index (χ1v) is 5.03. The Kier molecular flexibility index (Phi) is 2.31. The van der Waals surface area contributed by atoms with Gasteiger partial charge in [0.05, 0.1) is 12.8 Å². The Hall–Kier alpha value is -1.08.